The van der Waals surface area contributed by atoms with E-state index in [0.29, 0.717) is 31.9 Å². The van der Waals surface area contributed by atoms with Crippen molar-refractivity contribution in [2.45, 2.75) is 13.5 Å². The van der Waals surface area contributed by atoms with Gasteiger partial charge in [0.15, 0.2) is 0 Å². The van der Waals surface area contributed by atoms with Crippen molar-refractivity contribution in [2.75, 3.05) is 19.8 Å². The van der Waals surface area contributed by atoms with Gasteiger partial charge in [-0.1, -0.05) is 0 Å². The van der Waals surface area contributed by atoms with Gasteiger partial charge in [-0.15, -0.1) is 0 Å². The molecule has 0 bridgehead atoms. The van der Waals surface area contributed by atoms with Crippen LogP contribution in [0.5, 0.6) is 0 Å². The molecule has 1 aromatic rings. The van der Waals surface area contributed by atoms with Gasteiger partial charge in [0.2, 0.25) is 0 Å². The summed E-state index contributed by atoms with van der Waals surface area (Å²) in [7, 11) is 0. The van der Waals surface area contributed by atoms with E-state index in [1.807, 2.05) is 6.92 Å². The third-order valence-electron chi connectivity index (χ3n) is 1.95. The Morgan fingerprint density at radius 3 is 2.87 bits per heavy atom. The van der Waals surface area contributed by atoms with E-state index in [2.05, 4.69) is 5.32 Å². The summed E-state index contributed by atoms with van der Waals surface area (Å²) in [4.78, 5) is 0. The average molecular weight is 215 g/mol. The highest BCUT2D eigenvalue weighted by Gasteiger charge is 2.02. The minimum Gasteiger partial charge on any atom is -0.380 e. The molecular weight excluding hydrogens is 200 g/mol. The van der Waals surface area contributed by atoms with Crippen LogP contribution in [0.15, 0.2) is 18.2 Å². The molecule has 0 aromatic heterocycles. The molecule has 0 spiro atoms. The molecule has 15 heavy (non-hydrogen) atoms. The van der Waals surface area contributed by atoms with Gasteiger partial charge < -0.3 is 10.1 Å². The Morgan fingerprint density at radius 1 is 1.33 bits per heavy atom. The van der Waals surface area contributed by atoms with E-state index in [0.717, 1.165) is 12.1 Å². The summed E-state index contributed by atoms with van der Waals surface area (Å²) in [5.41, 5.74) is 0.339. The molecule has 0 unspecified atom stereocenters. The van der Waals surface area contributed by atoms with E-state index in [9.17, 15) is 8.78 Å². The highest BCUT2D eigenvalue weighted by atomic mass is 19.1. The van der Waals surface area contributed by atoms with Crippen LogP contribution in [0, 0.1) is 11.6 Å². The zero-order chi connectivity index (χ0) is 11.1. The number of rotatable bonds is 6. The minimum absolute atomic E-state index is 0.316. The van der Waals surface area contributed by atoms with Crippen LogP contribution in [0.1, 0.15) is 12.5 Å². The van der Waals surface area contributed by atoms with E-state index in [1.165, 1.54) is 6.07 Å². The van der Waals surface area contributed by atoms with Crippen LogP contribution in [0.2, 0.25) is 0 Å². The number of halogens is 2. The molecule has 0 amide bonds. The lowest BCUT2D eigenvalue weighted by molar-refractivity contribution is 0.149. The highest BCUT2D eigenvalue weighted by molar-refractivity contribution is 5.18. The van der Waals surface area contributed by atoms with Crippen LogP contribution in [0.4, 0.5) is 8.78 Å². The van der Waals surface area contributed by atoms with Crippen molar-refractivity contribution in [2.24, 2.45) is 0 Å². The largest absolute Gasteiger partial charge is 0.380 e. The summed E-state index contributed by atoms with van der Waals surface area (Å²) in [6.07, 6.45) is 0. The van der Waals surface area contributed by atoms with Gasteiger partial charge in [0.1, 0.15) is 11.6 Å². The number of hydrogen-bond acceptors (Lipinski definition) is 2. The molecule has 0 atom stereocenters. The molecule has 0 fully saturated rings. The summed E-state index contributed by atoms with van der Waals surface area (Å²) in [5.74, 6) is -0.807. The van der Waals surface area contributed by atoms with Gasteiger partial charge in [0, 0.05) is 25.3 Å². The SMILES string of the molecule is CCOCCNCc1cc(F)ccc1F. The zero-order valence-corrected chi connectivity index (χ0v) is 8.72. The molecule has 0 radical (unpaired) electrons. The third kappa shape index (κ3) is 4.36. The van der Waals surface area contributed by atoms with Gasteiger partial charge in [0.05, 0.1) is 6.61 Å². The summed E-state index contributed by atoms with van der Waals surface area (Å²) in [5, 5.41) is 2.97. The number of benzene rings is 1. The van der Waals surface area contributed by atoms with Crippen molar-refractivity contribution in [3.05, 3.63) is 35.4 Å². The number of nitrogens with one attached hydrogen (secondary N) is 1. The summed E-state index contributed by atoms with van der Waals surface area (Å²) < 4.78 is 31.0. The molecule has 0 aliphatic carbocycles. The van der Waals surface area contributed by atoms with Crippen LogP contribution in [-0.4, -0.2) is 19.8 Å². The van der Waals surface area contributed by atoms with Crippen LogP contribution in [-0.2, 0) is 11.3 Å². The molecule has 84 valence electrons. The Kier molecular flexibility index (Phi) is 5.21. The van der Waals surface area contributed by atoms with Crippen molar-refractivity contribution < 1.29 is 13.5 Å². The maximum atomic E-state index is 13.1. The molecule has 0 aliphatic heterocycles. The van der Waals surface area contributed by atoms with Crippen LogP contribution in [0.3, 0.4) is 0 Å². The van der Waals surface area contributed by atoms with Crippen LogP contribution < -0.4 is 5.32 Å². The predicted molar refractivity (Wildman–Crippen MR) is 54.6 cm³/mol. The standard InChI is InChI=1S/C11H15F2NO/c1-2-15-6-5-14-8-9-7-10(12)3-4-11(9)13/h3-4,7,14H,2,5-6,8H2,1H3. The van der Waals surface area contributed by atoms with Gasteiger partial charge in [-0.05, 0) is 25.1 Å². The van der Waals surface area contributed by atoms with E-state index < -0.39 is 5.82 Å². The summed E-state index contributed by atoms with van der Waals surface area (Å²) >= 11 is 0. The van der Waals surface area contributed by atoms with E-state index >= 15 is 0 Å². The van der Waals surface area contributed by atoms with Crippen molar-refractivity contribution in [3.8, 4) is 0 Å². The molecule has 0 aliphatic rings. The monoisotopic (exact) mass is 215 g/mol. The number of ether oxygens (including phenoxy) is 1. The third-order valence-corrected chi connectivity index (χ3v) is 1.95. The van der Waals surface area contributed by atoms with Crippen molar-refractivity contribution in [1.29, 1.82) is 0 Å². The highest BCUT2D eigenvalue weighted by Crippen LogP contribution is 2.08. The Morgan fingerprint density at radius 2 is 2.13 bits per heavy atom. The quantitative estimate of drug-likeness (QED) is 0.734. The van der Waals surface area contributed by atoms with Crippen molar-refractivity contribution >= 4 is 0 Å². The topological polar surface area (TPSA) is 21.3 Å². The lowest BCUT2D eigenvalue weighted by Crippen LogP contribution is -2.19. The number of hydrogen-bond donors (Lipinski definition) is 1. The smallest absolute Gasteiger partial charge is 0.127 e. The van der Waals surface area contributed by atoms with Gasteiger partial charge in [0.25, 0.3) is 0 Å². The molecule has 2 nitrogen and oxygen atoms in total. The van der Waals surface area contributed by atoms with Gasteiger partial charge in [-0.3, -0.25) is 0 Å². The normalized spacial score (nSPS) is 10.6. The lowest BCUT2D eigenvalue weighted by atomic mass is 10.2. The Hall–Kier alpha value is -1.00. The maximum Gasteiger partial charge on any atom is 0.127 e. The first-order valence-corrected chi connectivity index (χ1v) is 4.96. The maximum absolute atomic E-state index is 13.1. The van der Waals surface area contributed by atoms with E-state index in [-0.39, 0.29) is 5.82 Å². The van der Waals surface area contributed by atoms with Crippen molar-refractivity contribution in [3.63, 3.8) is 0 Å². The molecule has 0 saturated heterocycles. The molecule has 1 aromatic carbocycles. The first kappa shape index (κ1) is 12.1. The van der Waals surface area contributed by atoms with Gasteiger partial charge >= 0.3 is 0 Å². The Balaban J connectivity index is 2.33. The predicted octanol–water partition coefficient (Wildman–Crippen LogP) is 2.09. The lowest BCUT2D eigenvalue weighted by Gasteiger charge is -2.06. The molecule has 1 rings (SSSR count). The minimum atomic E-state index is -0.419. The second-order valence-corrected chi connectivity index (χ2v) is 3.11. The first-order chi connectivity index (χ1) is 7.24. The second-order valence-electron chi connectivity index (χ2n) is 3.11. The Bertz CT molecular complexity index is 305. The van der Waals surface area contributed by atoms with Gasteiger partial charge in [-0.25, -0.2) is 8.78 Å². The van der Waals surface area contributed by atoms with E-state index in [1.54, 1.807) is 0 Å². The average Bonchev–Trinajstić information content (AvgIpc) is 2.23. The van der Waals surface area contributed by atoms with Crippen LogP contribution in [0.25, 0.3) is 0 Å². The Labute approximate surface area is 88.3 Å². The molecule has 4 heteroatoms. The first-order valence-electron chi connectivity index (χ1n) is 4.96. The molecule has 0 saturated carbocycles. The molecular formula is C11H15F2NO. The summed E-state index contributed by atoms with van der Waals surface area (Å²) in [6.45, 7) is 4.09. The molecule has 0 heterocycles. The van der Waals surface area contributed by atoms with Crippen molar-refractivity contribution in [1.82, 2.24) is 5.32 Å². The second kappa shape index (κ2) is 6.48. The summed E-state index contributed by atoms with van der Waals surface area (Å²) in [6, 6.07) is 3.44. The molecule has 1 N–H and O–H groups in total. The van der Waals surface area contributed by atoms with E-state index in [4.69, 9.17) is 4.74 Å². The fourth-order valence-corrected chi connectivity index (χ4v) is 1.19. The fraction of sp³-hybridized carbons (Fsp3) is 0.455. The zero-order valence-electron chi connectivity index (χ0n) is 8.72. The fourth-order valence-electron chi connectivity index (χ4n) is 1.19. The van der Waals surface area contributed by atoms with Gasteiger partial charge in [-0.2, -0.15) is 0 Å². The van der Waals surface area contributed by atoms with Crippen LogP contribution >= 0.6 is 0 Å².